The van der Waals surface area contributed by atoms with E-state index in [0.29, 0.717) is 19.0 Å². The highest BCUT2D eigenvalue weighted by atomic mass is 19.4. The lowest BCUT2D eigenvalue weighted by molar-refractivity contribution is -0.143. The molecule has 1 fully saturated rings. The lowest BCUT2D eigenvalue weighted by Gasteiger charge is -2.26. The molecule has 6 heteroatoms. The van der Waals surface area contributed by atoms with Gasteiger partial charge in [0.2, 0.25) is 0 Å². The van der Waals surface area contributed by atoms with Crippen molar-refractivity contribution in [3.8, 4) is 0 Å². The number of alkyl halides is 5. The molecule has 0 spiro atoms. The quantitative estimate of drug-likeness (QED) is 0.806. The summed E-state index contributed by atoms with van der Waals surface area (Å²) in [5.74, 6) is -3.51. The van der Waals surface area contributed by atoms with E-state index in [0.717, 1.165) is 12.1 Å². The second-order valence-corrected chi connectivity index (χ2v) is 4.32. The maximum absolute atomic E-state index is 14.1. The van der Waals surface area contributed by atoms with Crippen molar-refractivity contribution in [2.24, 2.45) is 0 Å². The number of hydrogen-bond acceptors (Lipinski definition) is 1. The maximum Gasteiger partial charge on any atom is 0.416 e. The minimum Gasteiger partial charge on any atom is -0.308 e. The van der Waals surface area contributed by atoms with Gasteiger partial charge >= 0.3 is 6.18 Å². The molecule has 0 aliphatic carbocycles. The summed E-state index contributed by atoms with van der Waals surface area (Å²) in [6.45, 7) is 0.411. The number of hydrogen-bond donors (Lipinski definition) is 1. The molecule has 1 aliphatic heterocycles. The molecular weight excluding hydrogens is 253 g/mol. The molecular formula is C12H12F5N. The Bertz CT molecular complexity index is 421. The Hall–Kier alpha value is -1.17. The number of rotatable bonds is 2. The zero-order chi connectivity index (χ0) is 13.4. The lowest BCUT2D eigenvalue weighted by Crippen LogP contribution is -2.39. The Labute approximate surface area is 101 Å². The summed E-state index contributed by atoms with van der Waals surface area (Å²) < 4.78 is 66.3. The standard InChI is InChI=1S/C12H12F5N/c13-11(14,10-6-3-7-18-10)8-4-1-2-5-9(8)12(15,16)17/h1-2,4-5,10,18H,3,6-7H2. The molecule has 0 aromatic heterocycles. The van der Waals surface area contributed by atoms with Gasteiger partial charge < -0.3 is 5.32 Å². The van der Waals surface area contributed by atoms with Gasteiger partial charge in [-0.1, -0.05) is 18.2 Å². The van der Waals surface area contributed by atoms with E-state index < -0.39 is 29.3 Å². The first-order valence-electron chi connectivity index (χ1n) is 5.61. The fraction of sp³-hybridized carbons (Fsp3) is 0.500. The van der Waals surface area contributed by atoms with E-state index in [9.17, 15) is 22.0 Å². The second kappa shape index (κ2) is 4.50. The van der Waals surface area contributed by atoms with E-state index in [1.807, 2.05) is 0 Å². The summed E-state index contributed by atoms with van der Waals surface area (Å²) in [7, 11) is 0. The lowest BCUT2D eigenvalue weighted by atomic mass is 9.95. The van der Waals surface area contributed by atoms with Gasteiger partial charge in [-0.25, -0.2) is 0 Å². The zero-order valence-electron chi connectivity index (χ0n) is 9.40. The number of halogens is 5. The van der Waals surface area contributed by atoms with Crippen LogP contribution in [0.15, 0.2) is 24.3 Å². The highest BCUT2D eigenvalue weighted by Crippen LogP contribution is 2.42. The second-order valence-electron chi connectivity index (χ2n) is 4.32. The third kappa shape index (κ3) is 2.34. The molecule has 18 heavy (non-hydrogen) atoms. The number of benzene rings is 1. The molecule has 1 unspecified atom stereocenters. The first-order valence-corrected chi connectivity index (χ1v) is 5.61. The molecule has 2 rings (SSSR count). The van der Waals surface area contributed by atoms with Crippen molar-refractivity contribution in [3.05, 3.63) is 35.4 Å². The van der Waals surface area contributed by atoms with E-state index >= 15 is 0 Å². The van der Waals surface area contributed by atoms with Gasteiger partial charge in [0.25, 0.3) is 5.92 Å². The van der Waals surface area contributed by atoms with E-state index in [2.05, 4.69) is 5.32 Å². The van der Waals surface area contributed by atoms with E-state index in [4.69, 9.17) is 0 Å². The van der Waals surface area contributed by atoms with Crippen LogP contribution in [0.5, 0.6) is 0 Å². The van der Waals surface area contributed by atoms with Crippen molar-refractivity contribution < 1.29 is 22.0 Å². The average molecular weight is 265 g/mol. The molecule has 1 aromatic rings. The van der Waals surface area contributed by atoms with Crippen LogP contribution in [0.1, 0.15) is 24.0 Å². The Balaban J connectivity index is 2.43. The van der Waals surface area contributed by atoms with Gasteiger partial charge in [-0.15, -0.1) is 0 Å². The Morgan fingerprint density at radius 1 is 1.00 bits per heavy atom. The van der Waals surface area contributed by atoms with Gasteiger partial charge in [0.05, 0.1) is 11.6 Å². The predicted molar refractivity (Wildman–Crippen MR) is 56.4 cm³/mol. The third-order valence-electron chi connectivity index (χ3n) is 3.09. The monoisotopic (exact) mass is 265 g/mol. The largest absolute Gasteiger partial charge is 0.416 e. The van der Waals surface area contributed by atoms with Crippen molar-refractivity contribution >= 4 is 0 Å². The molecule has 0 bridgehead atoms. The SMILES string of the molecule is FC(F)(F)c1ccccc1C(F)(F)C1CCCN1. The van der Waals surface area contributed by atoms with Crippen LogP contribution >= 0.6 is 0 Å². The fourth-order valence-corrected chi connectivity index (χ4v) is 2.20. The van der Waals surface area contributed by atoms with Gasteiger partial charge in [0.1, 0.15) is 0 Å². The molecule has 1 aliphatic rings. The van der Waals surface area contributed by atoms with E-state index in [1.54, 1.807) is 0 Å². The topological polar surface area (TPSA) is 12.0 Å². The summed E-state index contributed by atoms with van der Waals surface area (Å²) in [5.41, 5.74) is -2.21. The van der Waals surface area contributed by atoms with Crippen LogP contribution in [-0.4, -0.2) is 12.6 Å². The Morgan fingerprint density at radius 3 is 2.11 bits per heavy atom. The van der Waals surface area contributed by atoms with Crippen LogP contribution in [0.4, 0.5) is 22.0 Å². The maximum atomic E-state index is 14.1. The summed E-state index contributed by atoms with van der Waals surface area (Å²) in [5, 5.41) is 2.56. The summed E-state index contributed by atoms with van der Waals surface area (Å²) in [6, 6.07) is 2.64. The zero-order valence-corrected chi connectivity index (χ0v) is 9.40. The van der Waals surface area contributed by atoms with Crippen LogP contribution in [-0.2, 0) is 12.1 Å². The molecule has 100 valence electrons. The van der Waals surface area contributed by atoms with E-state index in [1.165, 1.54) is 6.07 Å². The average Bonchev–Trinajstić information content (AvgIpc) is 2.82. The molecule has 0 radical (unpaired) electrons. The van der Waals surface area contributed by atoms with Gasteiger partial charge in [-0.2, -0.15) is 22.0 Å². The van der Waals surface area contributed by atoms with Crippen molar-refractivity contribution in [1.29, 1.82) is 0 Å². The van der Waals surface area contributed by atoms with Gasteiger partial charge in [-0.05, 0) is 25.5 Å². The molecule has 0 amide bonds. The van der Waals surface area contributed by atoms with Gasteiger partial charge in [0, 0.05) is 5.56 Å². The first-order chi connectivity index (χ1) is 8.33. The molecule has 1 saturated heterocycles. The smallest absolute Gasteiger partial charge is 0.308 e. The summed E-state index contributed by atoms with van der Waals surface area (Å²) in [6.07, 6.45) is -4.04. The van der Waals surface area contributed by atoms with Crippen molar-refractivity contribution in [2.75, 3.05) is 6.54 Å². The van der Waals surface area contributed by atoms with E-state index in [-0.39, 0.29) is 6.42 Å². The van der Waals surface area contributed by atoms with Gasteiger partial charge in [-0.3, -0.25) is 0 Å². The van der Waals surface area contributed by atoms with Crippen LogP contribution < -0.4 is 5.32 Å². The van der Waals surface area contributed by atoms with Crippen molar-refractivity contribution in [1.82, 2.24) is 5.32 Å². The molecule has 1 atom stereocenters. The highest BCUT2D eigenvalue weighted by molar-refractivity contribution is 5.34. The van der Waals surface area contributed by atoms with Crippen LogP contribution in [0.2, 0.25) is 0 Å². The van der Waals surface area contributed by atoms with Crippen LogP contribution in [0.25, 0.3) is 0 Å². The summed E-state index contributed by atoms with van der Waals surface area (Å²) in [4.78, 5) is 0. The van der Waals surface area contributed by atoms with Gasteiger partial charge in [0.15, 0.2) is 0 Å². The van der Waals surface area contributed by atoms with Crippen LogP contribution in [0.3, 0.4) is 0 Å². The Kier molecular flexibility index (Phi) is 3.31. The van der Waals surface area contributed by atoms with Crippen LogP contribution in [0, 0.1) is 0 Å². The highest BCUT2D eigenvalue weighted by Gasteiger charge is 2.47. The molecule has 1 nitrogen and oxygen atoms in total. The normalized spacial score (nSPS) is 21.3. The first kappa shape index (κ1) is 13.3. The van der Waals surface area contributed by atoms with Crippen molar-refractivity contribution in [3.63, 3.8) is 0 Å². The minimum atomic E-state index is -4.77. The molecule has 1 aromatic carbocycles. The van der Waals surface area contributed by atoms with Crippen molar-refractivity contribution in [2.45, 2.75) is 31.0 Å². The predicted octanol–water partition coefficient (Wildman–Crippen LogP) is 3.55. The molecule has 0 saturated carbocycles. The molecule has 1 heterocycles. The number of nitrogens with one attached hydrogen (secondary N) is 1. The fourth-order valence-electron chi connectivity index (χ4n) is 2.20. The Morgan fingerprint density at radius 2 is 1.61 bits per heavy atom. The third-order valence-corrected chi connectivity index (χ3v) is 3.09. The summed E-state index contributed by atoms with van der Waals surface area (Å²) >= 11 is 0. The molecule has 1 N–H and O–H groups in total. The minimum absolute atomic E-state index is 0.180.